The summed E-state index contributed by atoms with van der Waals surface area (Å²) < 4.78 is 0. The molecular formula is C10H6Cl2N2O. The number of nitrogens with two attached hydrogens (primary N) is 1. The second-order valence-electron chi connectivity index (χ2n) is 3.00. The molecule has 0 saturated heterocycles. The minimum absolute atomic E-state index is 0.165. The van der Waals surface area contributed by atoms with E-state index in [1.807, 2.05) is 0 Å². The highest BCUT2D eigenvalue weighted by atomic mass is 35.5. The number of primary amides is 1. The molecule has 2 rings (SSSR count). The van der Waals surface area contributed by atoms with Gasteiger partial charge in [-0.3, -0.25) is 4.79 Å². The number of pyridine rings is 1. The predicted octanol–water partition coefficient (Wildman–Crippen LogP) is 2.64. The average Bonchev–Trinajstić information content (AvgIpc) is 2.18. The maximum absolute atomic E-state index is 11.1. The number of fused-ring (bicyclic) bond motifs is 1. The van der Waals surface area contributed by atoms with E-state index in [1.54, 1.807) is 24.3 Å². The van der Waals surface area contributed by atoms with Crippen LogP contribution in [-0.2, 0) is 0 Å². The standard InChI is InChI=1S/C10H6Cl2N2O/c11-7-4-5-2-1-3-6(10(13)15)8(5)14-9(7)12/h1-4H,(H2,13,15). The molecule has 0 spiro atoms. The van der Waals surface area contributed by atoms with Gasteiger partial charge in [-0.15, -0.1) is 0 Å². The maximum Gasteiger partial charge on any atom is 0.250 e. The Morgan fingerprint density at radius 1 is 1.33 bits per heavy atom. The van der Waals surface area contributed by atoms with Crippen LogP contribution in [0.2, 0.25) is 10.2 Å². The lowest BCUT2D eigenvalue weighted by atomic mass is 10.1. The van der Waals surface area contributed by atoms with Gasteiger partial charge in [0.15, 0.2) is 0 Å². The molecular weight excluding hydrogens is 235 g/mol. The van der Waals surface area contributed by atoms with E-state index in [0.29, 0.717) is 16.1 Å². The van der Waals surface area contributed by atoms with Crippen molar-refractivity contribution in [2.45, 2.75) is 0 Å². The van der Waals surface area contributed by atoms with Crippen molar-refractivity contribution in [1.29, 1.82) is 0 Å². The SMILES string of the molecule is NC(=O)c1cccc2cc(Cl)c(Cl)nc12. The highest BCUT2D eigenvalue weighted by Gasteiger charge is 2.09. The first-order valence-corrected chi connectivity index (χ1v) is 4.90. The van der Waals surface area contributed by atoms with Crippen molar-refractivity contribution in [2.24, 2.45) is 5.73 Å². The van der Waals surface area contributed by atoms with Crippen LogP contribution < -0.4 is 5.73 Å². The van der Waals surface area contributed by atoms with Gasteiger partial charge in [-0.05, 0) is 12.1 Å². The fourth-order valence-electron chi connectivity index (χ4n) is 1.35. The number of amides is 1. The zero-order valence-electron chi connectivity index (χ0n) is 7.50. The summed E-state index contributed by atoms with van der Waals surface area (Å²) in [7, 11) is 0. The number of rotatable bonds is 1. The molecule has 1 aromatic heterocycles. The topological polar surface area (TPSA) is 56.0 Å². The molecule has 2 aromatic rings. The van der Waals surface area contributed by atoms with Crippen molar-refractivity contribution in [3.8, 4) is 0 Å². The van der Waals surface area contributed by atoms with Gasteiger partial charge in [0.1, 0.15) is 5.15 Å². The van der Waals surface area contributed by atoms with Crippen molar-refractivity contribution < 1.29 is 4.79 Å². The Hall–Kier alpha value is -1.32. The van der Waals surface area contributed by atoms with Crippen LogP contribution in [0.25, 0.3) is 10.9 Å². The molecule has 76 valence electrons. The van der Waals surface area contributed by atoms with Crippen LogP contribution in [0.5, 0.6) is 0 Å². The van der Waals surface area contributed by atoms with Crippen LogP contribution >= 0.6 is 23.2 Å². The van der Waals surface area contributed by atoms with Gasteiger partial charge < -0.3 is 5.73 Å². The summed E-state index contributed by atoms with van der Waals surface area (Å²) >= 11 is 11.6. The van der Waals surface area contributed by atoms with Crippen LogP contribution in [0.3, 0.4) is 0 Å². The second kappa shape index (κ2) is 3.68. The van der Waals surface area contributed by atoms with Crippen molar-refractivity contribution in [1.82, 2.24) is 4.98 Å². The molecule has 1 aromatic carbocycles. The van der Waals surface area contributed by atoms with Gasteiger partial charge in [-0.1, -0.05) is 35.3 Å². The largest absolute Gasteiger partial charge is 0.366 e. The predicted molar refractivity (Wildman–Crippen MR) is 60.3 cm³/mol. The fourth-order valence-corrected chi connectivity index (χ4v) is 1.65. The summed E-state index contributed by atoms with van der Waals surface area (Å²) in [6.45, 7) is 0. The van der Waals surface area contributed by atoms with Gasteiger partial charge in [-0.2, -0.15) is 0 Å². The number of nitrogens with zero attached hydrogens (tertiary/aromatic N) is 1. The van der Waals surface area contributed by atoms with Gasteiger partial charge in [0.25, 0.3) is 5.91 Å². The summed E-state index contributed by atoms with van der Waals surface area (Å²) in [5.74, 6) is -0.536. The number of halogens is 2. The van der Waals surface area contributed by atoms with Crippen LogP contribution in [-0.4, -0.2) is 10.9 Å². The highest BCUT2D eigenvalue weighted by Crippen LogP contribution is 2.26. The van der Waals surface area contributed by atoms with Crippen LogP contribution in [0.1, 0.15) is 10.4 Å². The Balaban J connectivity index is 2.86. The number of hydrogen-bond donors (Lipinski definition) is 1. The molecule has 1 amide bonds. The van der Waals surface area contributed by atoms with Crippen LogP contribution in [0.15, 0.2) is 24.3 Å². The van der Waals surface area contributed by atoms with Crippen LogP contribution in [0.4, 0.5) is 0 Å². The molecule has 0 saturated carbocycles. The zero-order valence-corrected chi connectivity index (χ0v) is 9.01. The number of para-hydroxylation sites is 1. The van der Waals surface area contributed by atoms with E-state index in [4.69, 9.17) is 28.9 Å². The Morgan fingerprint density at radius 3 is 2.73 bits per heavy atom. The maximum atomic E-state index is 11.1. The van der Waals surface area contributed by atoms with E-state index in [-0.39, 0.29) is 5.15 Å². The molecule has 0 unspecified atom stereocenters. The smallest absolute Gasteiger partial charge is 0.250 e. The van der Waals surface area contributed by atoms with Crippen molar-refractivity contribution in [3.63, 3.8) is 0 Å². The molecule has 0 atom stereocenters. The fraction of sp³-hybridized carbons (Fsp3) is 0. The zero-order chi connectivity index (χ0) is 11.0. The number of carbonyl (C=O) groups is 1. The molecule has 0 aliphatic heterocycles. The summed E-state index contributed by atoms with van der Waals surface area (Å²) in [5, 5.41) is 1.25. The third-order valence-corrected chi connectivity index (χ3v) is 2.69. The van der Waals surface area contributed by atoms with Crippen molar-refractivity contribution in [3.05, 3.63) is 40.0 Å². The van der Waals surface area contributed by atoms with E-state index in [2.05, 4.69) is 4.98 Å². The monoisotopic (exact) mass is 240 g/mol. The van der Waals surface area contributed by atoms with E-state index in [1.165, 1.54) is 0 Å². The molecule has 0 aliphatic carbocycles. The van der Waals surface area contributed by atoms with Crippen molar-refractivity contribution in [2.75, 3.05) is 0 Å². The lowest BCUT2D eigenvalue weighted by molar-refractivity contribution is 0.100. The third kappa shape index (κ3) is 1.76. The van der Waals surface area contributed by atoms with Gasteiger partial charge in [0.05, 0.1) is 16.1 Å². The minimum Gasteiger partial charge on any atom is -0.366 e. The lowest BCUT2D eigenvalue weighted by Crippen LogP contribution is -2.11. The lowest BCUT2D eigenvalue weighted by Gasteiger charge is -2.03. The first kappa shape index (κ1) is 10.2. The molecule has 0 aliphatic rings. The molecule has 0 bridgehead atoms. The van der Waals surface area contributed by atoms with Crippen molar-refractivity contribution >= 4 is 40.0 Å². The van der Waals surface area contributed by atoms with Gasteiger partial charge in [-0.25, -0.2) is 4.98 Å². The minimum atomic E-state index is -0.536. The molecule has 1 heterocycles. The first-order chi connectivity index (χ1) is 7.09. The normalized spacial score (nSPS) is 10.5. The van der Waals surface area contributed by atoms with E-state index in [9.17, 15) is 4.79 Å². The Labute approximate surface area is 95.8 Å². The third-order valence-electron chi connectivity index (χ3n) is 2.02. The van der Waals surface area contributed by atoms with E-state index in [0.717, 1.165) is 5.39 Å². The molecule has 0 radical (unpaired) electrons. The van der Waals surface area contributed by atoms with E-state index >= 15 is 0 Å². The summed E-state index contributed by atoms with van der Waals surface area (Å²) in [5.41, 5.74) is 6.02. The Bertz CT molecular complexity index is 554. The Morgan fingerprint density at radius 2 is 2.07 bits per heavy atom. The number of benzene rings is 1. The molecule has 0 fully saturated rings. The second-order valence-corrected chi connectivity index (χ2v) is 3.77. The molecule has 5 heteroatoms. The van der Waals surface area contributed by atoms with Gasteiger partial charge in [0, 0.05) is 5.39 Å². The quantitative estimate of drug-likeness (QED) is 0.780. The summed E-state index contributed by atoms with van der Waals surface area (Å²) in [4.78, 5) is 15.1. The first-order valence-electron chi connectivity index (χ1n) is 4.14. The highest BCUT2D eigenvalue weighted by molar-refractivity contribution is 6.41. The number of aromatic nitrogens is 1. The molecule has 15 heavy (non-hydrogen) atoms. The average molecular weight is 241 g/mol. The summed E-state index contributed by atoms with van der Waals surface area (Å²) in [6.07, 6.45) is 0. The van der Waals surface area contributed by atoms with Crippen LogP contribution in [0, 0.1) is 0 Å². The number of carbonyl (C=O) groups excluding carboxylic acids is 1. The van der Waals surface area contributed by atoms with Gasteiger partial charge in [0.2, 0.25) is 0 Å². The summed E-state index contributed by atoms with van der Waals surface area (Å²) in [6, 6.07) is 6.76. The Kier molecular flexibility index (Phi) is 2.50. The van der Waals surface area contributed by atoms with Gasteiger partial charge >= 0.3 is 0 Å². The number of hydrogen-bond acceptors (Lipinski definition) is 2. The molecule has 3 nitrogen and oxygen atoms in total. The molecule has 2 N–H and O–H groups in total. The van der Waals surface area contributed by atoms with E-state index < -0.39 is 5.91 Å².